The van der Waals surface area contributed by atoms with Gasteiger partial charge in [0.05, 0.1) is 6.61 Å². The van der Waals surface area contributed by atoms with Crippen molar-refractivity contribution in [3.8, 4) is 0 Å². The highest BCUT2D eigenvalue weighted by molar-refractivity contribution is 4.70. The van der Waals surface area contributed by atoms with E-state index in [1.165, 1.54) is 0 Å². The van der Waals surface area contributed by atoms with Crippen LogP contribution in [0, 0.1) is 0 Å². The number of aliphatic hydroxyl groups excluding tert-OH is 1. The zero-order valence-corrected chi connectivity index (χ0v) is 5.14. The number of hydroxylamine groups is 2. The summed E-state index contributed by atoms with van der Waals surface area (Å²) in [4.78, 5) is 4.29. The largest absolute Gasteiger partial charge is 0.386 e. The van der Waals surface area contributed by atoms with Gasteiger partial charge in [-0.25, -0.2) is 0 Å². The Balaban J connectivity index is 2.63. The normalized spacial score (nSPS) is 34.2. The van der Waals surface area contributed by atoms with E-state index in [1.54, 1.807) is 0 Å². The first-order valence-corrected chi connectivity index (χ1v) is 2.80. The predicted octanol–water partition coefficient (Wildman–Crippen LogP) is -1.99. The Hall–Kier alpha value is -0.240. The van der Waals surface area contributed by atoms with E-state index < -0.39 is 12.0 Å². The molecule has 0 spiro atoms. The van der Waals surface area contributed by atoms with Crippen molar-refractivity contribution in [2.45, 2.75) is 18.4 Å². The molecule has 1 atom stereocenters. The van der Waals surface area contributed by atoms with Crippen molar-refractivity contribution in [2.24, 2.45) is 0 Å². The number of aliphatic hydroxyl groups is 3. The zero-order valence-electron chi connectivity index (χ0n) is 5.14. The summed E-state index contributed by atoms with van der Waals surface area (Å²) in [5.41, 5.74) is 0. The van der Waals surface area contributed by atoms with Crippen LogP contribution in [0.2, 0.25) is 0 Å². The monoisotopic (exact) mass is 151 g/mol. The molecule has 0 saturated carbocycles. The number of hydrogen-bond acceptors (Lipinski definition) is 6. The lowest BCUT2D eigenvalue weighted by Gasteiger charge is -2.36. The molecule has 6 nitrogen and oxygen atoms in total. The van der Waals surface area contributed by atoms with Gasteiger partial charge in [0.1, 0.15) is 6.10 Å². The summed E-state index contributed by atoms with van der Waals surface area (Å²) in [6, 6.07) is 0. The van der Waals surface area contributed by atoms with Crippen molar-refractivity contribution in [1.29, 1.82) is 0 Å². The molecule has 1 fully saturated rings. The van der Waals surface area contributed by atoms with Gasteiger partial charge in [0.15, 0.2) is 0 Å². The van der Waals surface area contributed by atoms with Gasteiger partial charge >= 0.3 is 0 Å². The van der Waals surface area contributed by atoms with E-state index >= 15 is 0 Å². The van der Waals surface area contributed by atoms with Crippen LogP contribution < -0.4 is 0 Å². The smallest absolute Gasteiger partial charge is 0.299 e. The Kier molecular flexibility index (Phi) is 1.90. The fourth-order valence-corrected chi connectivity index (χ4v) is 0.667. The zero-order chi connectivity index (χ0) is 7.78. The Bertz CT molecular complexity index is 115. The predicted molar refractivity (Wildman–Crippen MR) is 27.4 cm³/mol. The second-order valence-electron chi connectivity index (χ2n) is 2.10. The van der Waals surface area contributed by atoms with Crippen molar-refractivity contribution in [1.82, 2.24) is 5.23 Å². The molecule has 4 N–H and O–H groups in total. The van der Waals surface area contributed by atoms with E-state index in [0.29, 0.717) is 0 Å². The molecule has 0 aromatic heterocycles. The van der Waals surface area contributed by atoms with Crippen LogP contribution in [-0.2, 0) is 4.84 Å². The van der Waals surface area contributed by atoms with Crippen LogP contribution in [0.1, 0.15) is 6.42 Å². The average Bonchev–Trinajstić information content (AvgIpc) is 1.84. The molecule has 0 aliphatic carbocycles. The van der Waals surface area contributed by atoms with Gasteiger partial charge in [-0.1, -0.05) is 0 Å². The van der Waals surface area contributed by atoms with Crippen LogP contribution in [0.5, 0.6) is 0 Å². The summed E-state index contributed by atoms with van der Waals surface area (Å²) >= 11 is 0. The standard InChI is InChI=1S/C4H9NO5/c6-3-1-2-10-5(9)4(3,7)8/h3,6-9H,1-2H2. The number of nitrogens with zero attached hydrogens (tertiary/aromatic N) is 1. The van der Waals surface area contributed by atoms with Gasteiger partial charge in [0, 0.05) is 6.42 Å². The molecule has 60 valence electrons. The van der Waals surface area contributed by atoms with Gasteiger partial charge < -0.3 is 15.3 Å². The summed E-state index contributed by atoms with van der Waals surface area (Å²) in [6.45, 7) is 0.0561. The molecule has 0 aromatic rings. The molecule has 10 heavy (non-hydrogen) atoms. The van der Waals surface area contributed by atoms with Crippen LogP contribution in [0.15, 0.2) is 0 Å². The first-order chi connectivity index (χ1) is 4.55. The number of hydrogen-bond donors (Lipinski definition) is 4. The molecule has 0 bridgehead atoms. The van der Waals surface area contributed by atoms with E-state index in [4.69, 9.17) is 20.5 Å². The van der Waals surface area contributed by atoms with Crippen molar-refractivity contribution in [3.05, 3.63) is 0 Å². The summed E-state index contributed by atoms with van der Waals surface area (Å²) in [5, 5.41) is 34.8. The average molecular weight is 151 g/mol. The van der Waals surface area contributed by atoms with Crippen molar-refractivity contribution in [2.75, 3.05) is 6.61 Å². The van der Waals surface area contributed by atoms with Crippen molar-refractivity contribution >= 4 is 0 Å². The van der Waals surface area contributed by atoms with E-state index in [0.717, 1.165) is 0 Å². The Morgan fingerprint density at radius 2 is 2.10 bits per heavy atom. The highest BCUT2D eigenvalue weighted by Gasteiger charge is 2.44. The molecule has 0 aromatic carbocycles. The minimum absolute atomic E-state index is 0.0561. The molecular formula is C4H9NO5. The van der Waals surface area contributed by atoms with Gasteiger partial charge in [-0.05, 0) is 5.23 Å². The summed E-state index contributed by atoms with van der Waals surface area (Å²) in [5.74, 6) is -2.68. The fraction of sp³-hybridized carbons (Fsp3) is 1.00. The highest BCUT2D eigenvalue weighted by Crippen LogP contribution is 2.19. The summed E-state index contributed by atoms with van der Waals surface area (Å²) in [7, 11) is 0. The minimum atomic E-state index is -2.68. The molecule has 1 saturated heterocycles. The maximum atomic E-state index is 8.83. The first-order valence-electron chi connectivity index (χ1n) is 2.80. The van der Waals surface area contributed by atoms with E-state index in [2.05, 4.69) is 4.84 Å². The molecule has 1 aliphatic rings. The van der Waals surface area contributed by atoms with Gasteiger partial charge in [-0.15, -0.1) is 0 Å². The Morgan fingerprint density at radius 1 is 1.50 bits per heavy atom. The number of rotatable bonds is 0. The van der Waals surface area contributed by atoms with Crippen molar-refractivity contribution in [3.63, 3.8) is 0 Å². The molecule has 0 amide bonds. The lowest BCUT2D eigenvalue weighted by atomic mass is 10.2. The van der Waals surface area contributed by atoms with Gasteiger partial charge in [-0.3, -0.25) is 10.0 Å². The highest BCUT2D eigenvalue weighted by atomic mass is 16.9. The lowest BCUT2D eigenvalue weighted by molar-refractivity contribution is -0.524. The van der Waals surface area contributed by atoms with Crippen molar-refractivity contribution < 1.29 is 25.4 Å². The first kappa shape index (κ1) is 7.86. The lowest BCUT2D eigenvalue weighted by Crippen LogP contribution is -2.59. The van der Waals surface area contributed by atoms with Crippen LogP contribution in [0.25, 0.3) is 0 Å². The third kappa shape index (κ3) is 1.12. The Morgan fingerprint density at radius 3 is 2.50 bits per heavy atom. The quantitative estimate of drug-likeness (QED) is 0.299. The molecular weight excluding hydrogens is 142 g/mol. The second kappa shape index (κ2) is 2.42. The van der Waals surface area contributed by atoms with Crippen LogP contribution in [0.3, 0.4) is 0 Å². The van der Waals surface area contributed by atoms with E-state index in [-0.39, 0.29) is 18.3 Å². The molecule has 1 unspecified atom stereocenters. The van der Waals surface area contributed by atoms with E-state index in [9.17, 15) is 0 Å². The molecule has 1 rings (SSSR count). The third-order valence-electron chi connectivity index (χ3n) is 1.33. The maximum absolute atomic E-state index is 8.83. The van der Waals surface area contributed by atoms with E-state index in [1.807, 2.05) is 0 Å². The fourth-order valence-electron chi connectivity index (χ4n) is 0.667. The van der Waals surface area contributed by atoms with Gasteiger partial charge in [0.25, 0.3) is 5.91 Å². The maximum Gasteiger partial charge on any atom is 0.299 e. The topological polar surface area (TPSA) is 93.4 Å². The Labute approximate surface area is 56.8 Å². The SMILES string of the molecule is OC1CCON(O)C1(O)O. The second-order valence-corrected chi connectivity index (χ2v) is 2.10. The van der Waals surface area contributed by atoms with Crippen LogP contribution in [0.4, 0.5) is 0 Å². The molecule has 6 heteroatoms. The van der Waals surface area contributed by atoms with Gasteiger partial charge in [-0.2, -0.15) is 0 Å². The molecule has 0 radical (unpaired) electrons. The minimum Gasteiger partial charge on any atom is -0.386 e. The molecule has 1 aliphatic heterocycles. The van der Waals surface area contributed by atoms with Crippen LogP contribution >= 0.6 is 0 Å². The third-order valence-corrected chi connectivity index (χ3v) is 1.33. The van der Waals surface area contributed by atoms with Crippen LogP contribution in [-0.4, -0.2) is 44.4 Å². The van der Waals surface area contributed by atoms with Gasteiger partial charge in [0.2, 0.25) is 0 Å². The summed E-state index contributed by atoms with van der Waals surface area (Å²) in [6.07, 6.45) is -1.34. The summed E-state index contributed by atoms with van der Waals surface area (Å²) < 4.78 is 0. The molecule has 1 heterocycles.